The molecule has 0 fully saturated rings. The molecular weight excluding hydrogens is 1350 g/mol. The first kappa shape index (κ1) is 78.7. The van der Waals surface area contributed by atoms with Gasteiger partial charge in [0.15, 0.2) is 0 Å². The Bertz CT molecular complexity index is 3440. The van der Waals surface area contributed by atoms with Gasteiger partial charge in [-0.1, -0.05) is 146 Å². The summed E-state index contributed by atoms with van der Waals surface area (Å²) >= 11 is 6.90. The number of hydrogen-bond donors (Lipinski definition) is 4. The van der Waals surface area contributed by atoms with Crippen LogP contribution in [0.25, 0.3) is 6.08 Å². The zero-order chi connectivity index (χ0) is 66.3. The minimum atomic E-state index is -3.11. The predicted molar refractivity (Wildman–Crippen MR) is 377 cm³/mol. The van der Waals surface area contributed by atoms with Crippen LogP contribution >= 0.6 is 67.3 Å². The summed E-state index contributed by atoms with van der Waals surface area (Å²) < 4.78 is 19.3. The maximum absolute atomic E-state index is 12.5. The Morgan fingerprint density at radius 3 is 1.35 bits per heavy atom. The van der Waals surface area contributed by atoms with Crippen molar-refractivity contribution in [1.29, 1.82) is 0 Å². The number of methoxy groups -OCH3 is 1. The first-order valence-electron chi connectivity index (χ1n) is 30.1. The number of halogens is 6. The Morgan fingerprint density at radius 1 is 0.500 bits per heavy atom. The number of alkyl halides is 2. The molecule has 494 valence electrons. The van der Waals surface area contributed by atoms with Crippen LogP contribution in [-0.2, 0) is 103 Å². The number of aromatic hydroxyl groups is 4. The number of fused-ring (bicyclic) bond motifs is 4. The molecule has 7 aromatic rings. The number of ether oxygens (including phenoxy) is 4. The number of carbonyl (C=O) groups excluding carboxylic acids is 4. The Kier molecular flexibility index (Phi) is 35.2. The molecule has 4 N–H and O–H groups in total. The molecule has 0 atom stereocenters. The number of carbonyl (C=O) groups is 4. The molecule has 7 aromatic carbocycles. The molecule has 0 spiro atoms. The molecule has 0 heterocycles. The molecule has 92 heavy (non-hydrogen) atoms. The predicted octanol–water partition coefficient (Wildman–Crippen LogP) is 16.5. The van der Waals surface area contributed by atoms with Gasteiger partial charge >= 0.3 is 67.5 Å². The number of aldehydes is 1. The summed E-state index contributed by atoms with van der Waals surface area (Å²) in [5.41, 5.74) is 11.9. The fraction of sp³-hybridized carbons (Fsp3) is 0.319. The van der Waals surface area contributed by atoms with Crippen molar-refractivity contribution in [3.63, 3.8) is 0 Å². The second-order valence-electron chi connectivity index (χ2n) is 20.8. The summed E-state index contributed by atoms with van der Waals surface area (Å²) in [5, 5.41) is 40.9. The number of benzene rings is 7. The summed E-state index contributed by atoms with van der Waals surface area (Å²) in [6, 6.07) is 47.0. The van der Waals surface area contributed by atoms with Crippen molar-refractivity contribution in [3.05, 3.63) is 213 Å². The second-order valence-corrected chi connectivity index (χ2v) is 40.6. The third-order valence-electron chi connectivity index (χ3n) is 15.0. The van der Waals surface area contributed by atoms with Crippen molar-refractivity contribution >= 4 is 119 Å². The van der Waals surface area contributed by atoms with E-state index in [0.717, 1.165) is 132 Å². The molecule has 0 unspecified atom stereocenters. The molecule has 0 aliphatic heterocycles. The van der Waals surface area contributed by atoms with E-state index in [1.54, 1.807) is 49.1 Å². The fourth-order valence-electron chi connectivity index (χ4n) is 11.1. The number of esters is 3. The van der Waals surface area contributed by atoms with Crippen LogP contribution in [0.2, 0.25) is 0 Å². The standard InChI is InChI=1S/C22H21O2P.C14H18O3.C14H16O3.C10H10O2.C9H10O.C2H4Cl2O.CH4.4ClH.Ti/c1-2-24-22(23)18-25(19-12-6-3-7-13-19,20-14-8-4-9-15-20)21-16-10-5-11-17-21;2*1-2-17-14(16)9-7-10-6-8-13(15)12-5-3-4-11(10)12;11-6-7-4-5-10(12)9-3-1-2-8(7)9;10-9-6-2-4-7-3-1-5-8(7)9;1-5-2(3)4;;;;;;/h3-18H,2H2,1H3;6,8,15H,2-5,7,9H2,1H3;6-9,15H,2-5H2,1H3;4-6,12H,1-3H2;2,4,6,10H,1,3,5H2;2H,1H3;1H4;4*1H;/q;;;;;;;;;;;+4/p-4/b;;9-7+;;;;;;;;;. The van der Waals surface area contributed by atoms with Crippen LogP contribution in [0.15, 0.2) is 152 Å². The van der Waals surface area contributed by atoms with Crippen LogP contribution in [0.4, 0.5) is 0 Å². The number of aryl methyl sites for hydroxylation is 2. The van der Waals surface area contributed by atoms with E-state index in [9.17, 15) is 39.6 Å². The van der Waals surface area contributed by atoms with Crippen molar-refractivity contribution in [2.45, 2.75) is 123 Å². The number of hydrogen-bond acceptors (Lipinski definition) is 12. The molecule has 0 saturated heterocycles. The van der Waals surface area contributed by atoms with Gasteiger partial charge in [-0.3, -0.25) is 9.59 Å². The van der Waals surface area contributed by atoms with E-state index >= 15 is 0 Å². The van der Waals surface area contributed by atoms with Crippen LogP contribution in [0.3, 0.4) is 0 Å². The van der Waals surface area contributed by atoms with Gasteiger partial charge < -0.3 is 39.4 Å². The third-order valence-corrected chi connectivity index (χ3v) is 19.3. The summed E-state index contributed by atoms with van der Waals surface area (Å²) in [6.45, 7) is 4.38. The fourth-order valence-corrected chi connectivity index (χ4v) is 14.8. The summed E-state index contributed by atoms with van der Waals surface area (Å²) in [7, 11) is 21.5. The van der Waals surface area contributed by atoms with Gasteiger partial charge in [-0.05, 0) is 219 Å². The van der Waals surface area contributed by atoms with Crippen molar-refractivity contribution in [2.24, 2.45) is 0 Å². The average molecular weight is 1430 g/mol. The van der Waals surface area contributed by atoms with Gasteiger partial charge in [0.2, 0.25) is 5.02 Å². The summed E-state index contributed by atoms with van der Waals surface area (Å²) in [5.74, 6) is 2.65. The first-order valence-corrected chi connectivity index (χ1v) is 41.4. The normalized spacial score (nSPS) is 12.7. The number of phenolic OH excluding ortho intramolecular Hbond substituents is 4. The maximum atomic E-state index is 12.5. The van der Waals surface area contributed by atoms with E-state index < -0.39 is 24.3 Å². The molecule has 20 heteroatoms. The number of rotatable bonds is 14. The molecule has 4 aliphatic rings. The molecule has 0 saturated carbocycles. The van der Waals surface area contributed by atoms with E-state index in [-0.39, 0.29) is 25.3 Å². The minimum absolute atomic E-state index is 0. The average Bonchev–Trinajstić information content (AvgIpc) is 1.44. The van der Waals surface area contributed by atoms with Crippen LogP contribution in [0, 0.1) is 0 Å². The van der Waals surface area contributed by atoms with Gasteiger partial charge in [-0.25, -0.2) is 9.59 Å². The van der Waals surface area contributed by atoms with Gasteiger partial charge in [0.25, 0.3) is 0 Å². The van der Waals surface area contributed by atoms with Crippen LogP contribution in [0.5, 0.6) is 23.0 Å². The molecule has 0 amide bonds. The van der Waals surface area contributed by atoms with Gasteiger partial charge in [0.05, 0.1) is 19.8 Å². The third kappa shape index (κ3) is 24.9. The van der Waals surface area contributed by atoms with E-state index in [2.05, 4.69) is 47.2 Å². The van der Waals surface area contributed by atoms with Gasteiger partial charge in [0.1, 0.15) is 29.3 Å². The van der Waals surface area contributed by atoms with Crippen LogP contribution < -0.4 is 15.9 Å². The van der Waals surface area contributed by atoms with E-state index in [0.29, 0.717) is 55.7 Å². The van der Waals surface area contributed by atoms with Crippen LogP contribution in [-0.4, -0.2) is 82.4 Å². The SMILES string of the molecule is C.CCOC(=O)/C=C/c1ccc(O)c2c1CCC2.CCOC(=O)C=P(c1ccccc1)(c1ccccc1)c1ccccc1.CCOC(=O)CCc1ccc(O)c2c1CCC2.COC(Cl)Cl.O=Cc1ccc(O)c2c1CCC2.Oc1cccc2c1CCC2.[Cl][Ti]([Cl])([Cl])[Cl]. The second kappa shape index (κ2) is 41.2. The Balaban J connectivity index is 0.000000242. The Morgan fingerprint density at radius 2 is 0.891 bits per heavy atom. The van der Waals surface area contributed by atoms with Crippen molar-refractivity contribution in [2.75, 3.05) is 26.9 Å². The quantitative estimate of drug-likeness (QED) is 0.0154. The molecule has 0 bridgehead atoms. The number of phenols is 4. The molecule has 4 aliphatic carbocycles. The van der Waals surface area contributed by atoms with Gasteiger partial charge in [0, 0.05) is 31.0 Å². The topological polar surface area (TPSA) is 186 Å². The van der Waals surface area contributed by atoms with Gasteiger partial charge in [-0.15, -0.1) is 0 Å². The van der Waals surface area contributed by atoms with Crippen molar-refractivity contribution in [1.82, 2.24) is 0 Å². The van der Waals surface area contributed by atoms with Gasteiger partial charge in [-0.2, -0.15) is 0 Å². The van der Waals surface area contributed by atoms with E-state index in [1.807, 2.05) is 86.6 Å². The molecule has 0 aromatic heterocycles. The first-order chi connectivity index (χ1) is 43.7. The van der Waals surface area contributed by atoms with E-state index in [1.165, 1.54) is 41.9 Å². The molecular formula is C72H83Cl6O12PTi. The zero-order valence-electron chi connectivity index (χ0n) is 51.5. The van der Waals surface area contributed by atoms with E-state index in [4.69, 9.17) is 74.6 Å². The molecule has 12 nitrogen and oxygen atoms in total. The summed E-state index contributed by atoms with van der Waals surface area (Å²) in [6.07, 6.45) is 17.5. The Labute approximate surface area is 571 Å². The van der Waals surface area contributed by atoms with Crippen LogP contribution in [0.1, 0.15) is 126 Å². The Hall–Kier alpha value is -5.73. The zero-order valence-corrected chi connectivity index (χ0v) is 58.5. The summed E-state index contributed by atoms with van der Waals surface area (Å²) in [4.78, 5) is 45.7. The monoisotopic (exact) mass is 1430 g/mol. The van der Waals surface area contributed by atoms with Crippen molar-refractivity contribution < 1.29 is 70.9 Å². The molecule has 0 radical (unpaired) electrons. The van der Waals surface area contributed by atoms with Crippen molar-refractivity contribution in [3.8, 4) is 23.0 Å². The molecule has 11 rings (SSSR count).